The molecule has 1 saturated heterocycles. The van der Waals surface area contributed by atoms with Crippen molar-refractivity contribution in [1.82, 2.24) is 0 Å². The van der Waals surface area contributed by atoms with Gasteiger partial charge in [-0.25, -0.2) is 4.57 Å². The fourth-order valence-corrected chi connectivity index (χ4v) is 6.40. The second kappa shape index (κ2) is 35.1. The number of ether oxygens (including phenoxy) is 3. The van der Waals surface area contributed by atoms with Gasteiger partial charge in [0.15, 0.2) is 6.10 Å². The van der Waals surface area contributed by atoms with Gasteiger partial charge in [0.2, 0.25) is 0 Å². The monoisotopic (exact) mass is 780 g/mol. The maximum atomic E-state index is 12.6. The highest BCUT2D eigenvalue weighted by atomic mass is 31.2. The fraction of sp³-hybridized carbons (Fsp3) is 0.721. The summed E-state index contributed by atoms with van der Waals surface area (Å²) >= 11 is 0. The SMILES string of the molecule is CC/C=C\C/C=C\C/C=C\C/C=C\CCCCCCC(=O)OC[C@H](COP(=O)(O)OCCN)OC(=O)CCCCCCCC1OC1C/C=C\CCCCC. The third-order valence-corrected chi connectivity index (χ3v) is 9.80. The molecule has 3 N–H and O–H groups in total. The standard InChI is InChI=1S/C43H74NO9P/c1-3-5-7-9-11-12-13-14-15-16-17-18-19-20-21-25-29-33-42(45)49-37-39(38-51-54(47,48)50-36-35-44)52-43(46)34-30-26-22-24-28-32-41-40(53-41)31-27-23-10-8-6-4-2/h5,7,11-12,14-15,17-18,23,27,39-41H,3-4,6,8-10,13,16,19-22,24-26,28-38,44H2,1-2H3,(H,47,48)/b7-5-,12-11-,15-14-,18-17-,27-23-/t39-,40?,41?/m1/s1. The zero-order valence-corrected chi connectivity index (χ0v) is 34.5. The molecule has 1 heterocycles. The number of rotatable bonds is 37. The molecule has 0 amide bonds. The van der Waals surface area contributed by atoms with Gasteiger partial charge >= 0.3 is 19.8 Å². The summed E-state index contributed by atoms with van der Waals surface area (Å²) in [5, 5.41) is 0. The van der Waals surface area contributed by atoms with Crippen molar-refractivity contribution in [2.45, 2.75) is 173 Å². The van der Waals surface area contributed by atoms with Crippen molar-refractivity contribution in [2.24, 2.45) is 5.73 Å². The first-order chi connectivity index (χ1) is 26.3. The molecular weight excluding hydrogens is 705 g/mol. The molecule has 1 aliphatic heterocycles. The molecule has 0 spiro atoms. The molecule has 1 rings (SSSR count). The highest BCUT2D eigenvalue weighted by Crippen LogP contribution is 2.43. The molecule has 1 aliphatic rings. The van der Waals surface area contributed by atoms with Crippen LogP contribution in [-0.2, 0) is 37.4 Å². The van der Waals surface area contributed by atoms with Gasteiger partial charge in [0.1, 0.15) is 6.61 Å². The number of hydrogen-bond acceptors (Lipinski definition) is 9. The number of phosphoric ester groups is 1. The molecule has 310 valence electrons. The topological polar surface area (TPSA) is 147 Å². The molecular formula is C43H74NO9P. The highest BCUT2D eigenvalue weighted by molar-refractivity contribution is 7.47. The molecule has 0 aromatic heterocycles. The van der Waals surface area contributed by atoms with Crippen molar-refractivity contribution < 1.29 is 42.3 Å². The number of nitrogens with two attached hydrogens (primary N) is 1. The quantitative estimate of drug-likeness (QED) is 0.0205. The Morgan fingerprint density at radius 1 is 0.685 bits per heavy atom. The van der Waals surface area contributed by atoms with Crippen LogP contribution < -0.4 is 5.73 Å². The molecule has 0 bridgehead atoms. The van der Waals surface area contributed by atoms with Crippen molar-refractivity contribution in [3.63, 3.8) is 0 Å². The summed E-state index contributed by atoms with van der Waals surface area (Å²) in [7, 11) is -4.39. The van der Waals surface area contributed by atoms with E-state index in [1.165, 1.54) is 19.3 Å². The second-order valence-electron chi connectivity index (χ2n) is 13.9. The number of unbranched alkanes of at least 4 members (excludes halogenated alkanes) is 11. The zero-order valence-electron chi connectivity index (χ0n) is 33.6. The van der Waals surface area contributed by atoms with Gasteiger partial charge in [0.25, 0.3) is 0 Å². The first-order valence-corrected chi connectivity index (χ1v) is 22.4. The first-order valence-electron chi connectivity index (χ1n) is 20.9. The lowest BCUT2D eigenvalue weighted by Gasteiger charge is -2.19. The molecule has 0 aromatic carbocycles. The van der Waals surface area contributed by atoms with E-state index >= 15 is 0 Å². The number of allylic oxidation sites excluding steroid dienone is 9. The van der Waals surface area contributed by atoms with E-state index in [0.717, 1.165) is 96.3 Å². The molecule has 0 aromatic rings. The van der Waals surface area contributed by atoms with Gasteiger partial charge in [-0.1, -0.05) is 126 Å². The van der Waals surface area contributed by atoms with E-state index in [1.54, 1.807) is 0 Å². The van der Waals surface area contributed by atoms with Crippen LogP contribution in [0.15, 0.2) is 60.8 Å². The van der Waals surface area contributed by atoms with E-state index in [-0.39, 0.29) is 32.6 Å². The van der Waals surface area contributed by atoms with E-state index in [0.29, 0.717) is 25.0 Å². The second-order valence-corrected chi connectivity index (χ2v) is 15.3. The molecule has 0 saturated carbocycles. The predicted molar refractivity (Wildman–Crippen MR) is 219 cm³/mol. The number of phosphoric acid groups is 1. The molecule has 1 fully saturated rings. The van der Waals surface area contributed by atoms with Crippen molar-refractivity contribution >= 4 is 19.8 Å². The van der Waals surface area contributed by atoms with Gasteiger partial charge in [-0.2, -0.15) is 0 Å². The zero-order chi connectivity index (χ0) is 39.4. The van der Waals surface area contributed by atoms with Crippen LogP contribution in [0, 0.1) is 0 Å². The maximum Gasteiger partial charge on any atom is 0.472 e. The normalized spacial score (nSPS) is 17.7. The van der Waals surface area contributed by atoms with Crippen LogP contribution in [0.25, 0.3) is 0 Å². The minimum absolute atomic E-state index is 0.0418. The Morgan fingerprint density at radius 3 is 1.93 bits per heavy atom. The first kappa shape index (κ1) is 49.7. The summed E-state index contributed by atoms with van der Waals surface area (Å²) in [4.78, 5) is 34.9. The van der Waals surface area contributed by atoms with E-state index in [9.17, 15) is 19.0 Å². The average molecular weight is 780 g/mol. The van der Waals surface area contributed by atoms with Gasteiger partial charge in [0.05, 0.1) is 25.4 Å². The molecule has 3 unspecified atom stereocenters. The molecule has 0 aliphatic carbocycles. The van der Waals surface area contributed by atoms with Crippen molar-refractivity contribution in [2.75, 3.05) is 26.4 Å². The third kappa shape index (κ3) is 32.0. The molecule has 10 nitrogen and oxygen atoms in total. The lowest BCUT2D eigenvalue weighted by molar-refractivity contribution is -0.161. The maximum absolute atomic E-state index is 12.6. The summed E-state index contributed by atoms with van der Waals surface area (Å²) in [6.07, 6.45) is 42.7. The summed E-state index contributed by atoms with van der Waals surface area (Å²) in [6, 6.07) is 0. The summed E-state index contributed by atoms with van der Waals surface area (Å²) in [6.45, 7) is 3.51. The molecule has 54 heavy (non-hydrogen) atoms. The van der Waals surface area contributed by atoms with E-state index < -0.39 is 32.5 Å². The number of epoxide rings is 1. The Labute approximate surface area is 327 Å². The number of esters is 2. The summed E-state index contributed by atoms with van der Waals surface area (Å²) < 4.78 is 38.5. The van der Waals surface area contributed by atoms with Crippen molar-refractivity contribution in [3.8, 4) is 0 Å². The van der Waals surface area contributed by atoms with Crippen LogP contribution in [0.3, 0.4) is 0 Å². The summed E-state index contributed by atoms with van der Waals surface area (Å²) in [5.74, 6) is -0.885. The lowest BCUT2D eigenvalue weighted by atomic mass is 10.1. The minimum Gasteiger partial charge on any atom is -0.462 e. The van der Waals surface area contributed by atoms with Crippen LogP contribution in [0.2, 0.25) is 0 Å². The summed E-state index contributed by atoms with van der Waals surface area (Å²) in [5.41, 5.74) is 5.34. The highest BCUT2D eigenvalue weighted by Gasteiger charge is 2.36. The average Bonchev–Trinajstić information content (AvgIpc) is 3.91. The number of hydrogen-bond donors (Lipinski definition) is 2. The largest absolute Gasteiger partial charge is 0.472 e. The minimum atomic E-state index is -4.39. The lowest BCUT2D eigenvalue weighted by Crippen LogP contribution is -2.29. The molecule has 11 heteroatoms. The van der Waals surface area contributed by atoms with Gasteiger partial charge in [-0.15, -0.1) is 0 Å². The van der Waals surface area contributed by atoms with Gasteiger partial charge in [-0.3, -0.25) is 18.6 Å². The van der Waals surface area contributed by atoms with Crippen LogP contribution in [-0.4, -0.2) is 61.5 Å². The van der Waals surface area contributed by atoms with Crippen LogP contribution in [0.4, 0.5) is 0 Å². The van der Waals surface area contributed by atoms with Gasteiger partial charge < -0.3 is 24.8 Å². The third-order valence-electron chi connectivity index (χ3n) is 8.81. The van der Waals surface area contributed by atoms with Gasteiger partial charge in [0, 0.05) is 19.4 Å². The smallest absolute Gasteiger partial charge is 0.462 e. The van der Waals surface area contributed by atoms with E-state index in [4.69, 9.17) is 29.0 Å². The van der Waals surface area contributed by atoms with Crippen LogP contribution in [0.5, 0.6) is 0 Å². The Bertz CT molecular complexity index is 1140. The van der Waals surface area contributed by atoms with Crippen molar-refractivity contribution in [3.05, 3.63) is 60.8 Å². The van der Waals surface area contributed by atoms with Crippen molar-refractivity contribution in [1.29, 1.82) is 0 Å². The molecule has 4 atom stereocenters. The Hall–Kier alpha value is -2.33. The molecule has 0 radical (unpaired) electrons. The van der Waals surface area contributed by atoms with E-state index in [1.807, 2.05) is 0 Å². The van der Waals surface area contributed by atoms with Gasteiger partial charge in [-0.05, 0) is 77.0 Å². The number of carbonyl (C=O) groups excluding carboxylic acids is 2. The fourth-order valence-electron chi connectivity index (χ4n) is 5.63. The van der Waals surface area contributed by atoms with Crippen LogP contribution >= 0.6 is 7.82 Å². The number of carbonyl (C=O) groups is 2. The van der Waals surface area contributed by atoms with Crippen LogP contribution in [0.1, 0.15) is 155 Å². The Morgan fingerprint density at radius 2 is 1.26 bits per heavy atom. The van der Waals surface area contributed by atoms with E-state index in [2.05, 4.69) is 74.6 Å². The predicted octanol–water partition coefficient (Wildman–Crippen LogP) is 10.7. The Balaban J connectivity index is 2.22. The Kier molecular flexibility index (Phi) is 32.3.